The van der Waals surface area contributed by atoms with E-state index in [1.165, 1.54) is 0 Å². The van der Waals surface area contributed by atoms with Crippen LogP contribution in [-0.4, -0.2) is 24.5 Å². The van der Waals surface area contributed by atoms with Crippen LogP contribution in [0.1, 0.15) is 45.2 Å². The Morgan fingerprint density at radius 3 is 2.38 bits per heavy atom. The van der Waals surface area contributed by atoms with E-state index in [1.807, 2.05) is 44.2 Å². The van der Waals surface area contributed by atoms with Crippen molar-refractivity contribution in [3.8, 4) is 5.75 Å². The van der Waals surface area contributed by atoms with Crippen LogP contribution in [0.5, 0.6) is 5.75 Å². The largest absolute Gasteiger partial charge is 0.489 e. The van der Waals surface area contributed by atoms with Crippen molar-refractivity contribution in [2.45, 2.75) is 53.1 Å². The van der Waals surface area contributed by atoms with Gasteiger partial charge in [0.25, 0.3) is 0 Å². The summed E-state index contributed by atoms with van der Waals surface area (Å²) in [6, 6.07) is 13.6. The molecule has 29 heavy (non-hydrogen) atoms. The molecule has 1 N–H and O–H groups in total. The summed E-state index contributed by atoms with van der Waals surface area (Å²) in [5.41, 5.74) is 3.92. The van der Waals surface area contributed by atoms with E-state index in [-0.39, 0.29) is 30.3 Å². The monoisotopic (exact) mass is 394 g/mol. The van der Waals surface area contributed by atoms with Gasteiger partial charge in [0.05, 0.1) is 17.7 Å². The maximum Gasteiger partial charge on any atom is 0.229 e. The first-order chi connectivity index (χ1) is 13.9. The molecule has 0 radical (unpaired) electrons. The van der Waals surface area contributed by atoms with E-state index in [1.54, 1.807) is 4.90 Å². The molecule has 1 unspecified atom stereocenters. The van der Waals surface area contributed by atoms with Crippen molar-refractivity contribution >= 4 is 23.2 Å². The number of rotatable bonds is 7. The van der Waals surface area contributed by atoms with Crippen LogP contribution in [0.25, 0.3) is 0 Å². The van der Waals surface area contributed by atoms with Crippen molar-refractivity contribution in [2.24, 2.45) is 5.92 Å². The number of nitrogens with zero attached hydrogens (tertiary/aromatic N) is 1. The highest BCUT2D eigenvalue weighted by Gasteiger charge is 2.36. The Morgan fingerprint density at radius 2 is 1.76 bits per heavy atom. The third kappa shape index (κ3) is 4.61. The second-order valence-electron chi connectivity index (χ2n) is 7.69. The van der Waals surface area contributed by atoms with Gasteiger partial charge in [-0.25, -0.2) is 0 Å². The quantitative estimate of drug-likeness (QED) is 0.747. The van der Waals surface area contributed by atoms with E-state index >= 15 is 0 Å². The van der Waals surface area contributed by atoms with Gasteiger partial charge in [0.1, 0.15) is 5.75 Å². The third-order valence-electron chi connectivity index (χ3n) is 5.24. The molecular weight excluding hydrogens is 364 g/mol. The van der Waals surface area contributed by atoms with Gasteiger partial charge < -0.3 is 15.0 Å². The van der Waals surface area contributed by atoms with Crippen LogP contribution in [0, 0.1) is 5.92 Å². The number of ether oxygens (including phenoxy) is 1. The van der Waals surface area contributed by atoms with Gasteiger partial charge in [-0.1, -0.05) is 44.2 Å². The van der Waals surface area contributed by atoms with Gasteiger partial charge in [-0.2, -0.15) is 0 Å². The lowest BCUT2D eigenvalue weighted by atomic mass is 10.0. The number of benzene rings is 2. The molecule has 2 aromatic rings. The van der Waals surface area contributed by atoms with Gasteiger partial charge in [0.2, 0.25) is 11.8 Å². The number of carbonyl (C=O) groups excluding carboxylic acids is 2. The fourth-order valence-electron chi connectivity index (χ4n) is 3.82. The molecule has 1 atom stereocenters. The number of nitrogens with one attached hydrogen (secondary N) is 1. The van der Waals surface area contributed by atoms with Crippen LogP contribution in [-0.2, 0) is 22.4 Å². The third-order valence-corrected chi connectivity index (χ3v) is 5.24. The van der Waals surface area contributed by atoms with Crippen molar-refractivity contribution < 1.29 is 14.3 Å². The average Bonchev–Trinajstić information content (AvgIpc) is 3.09. The summed E-state index contributed by atoms with van der Waals surface area (Å²) in [5, 5.41) is 2.96. The van der Waals surface area contributed by atoms with Gasteiger partial charge in [-0.3, -0.25) is 9.59 Å². The first-order valence-electron chi connectivity index (χ1n) is 10.4. The molecule has 0 bridgehead atoms. The van der Waals surface area contributed by atoms with Crippen LogP contribution < -0.4 is 15.0 Å². The Morgan fingerprint density at radius 1 is 1.10 bits per heavy atom. The van der Waals surface area contributed by atoms with Gasteiger partial charge in [0.15, 0.2) is 0 Å². The second kappa shape index (κ2) is 9.12. The number of hydrogen-bond acceptors (Lipinski definition) is 3. The van der Waals surface area contributed by atoms with Crippen molar-refractivity contribution in [3.63, 3.8) is 0 Å². The minimum atomic E-state index is -0.385. The highest BCUT2D eigenvalue weighted by Crippen LogP contribution is 2.33. The predicted molar refractivity (Wildman–Crippen MR) is 116 cm³/mol. The minimum absolute atomic E-state index is 0.00691. The minimum Gasteiger partial charge on any atom is -0.489 e. The highest BCUT2D eigenvalue weighted by atomic mass is 16.5. The zero-order chi connectivity index (χ0) is 21.0. The SMILES string of the molecule is CCc1cccc(CC)c1N1CC(C(=O)Nc2ccccc2OC(C)C)CC1=O. The van der Waals surface area contributed by atoms with Crippen molar-refractivity contribution in [2.75, 3.05) is 16.8 Å². The van der Waals surface area contributed by atoms with Crippen molar-refractivity contribution in [1.82, 2.24) is 0 Å². The van der Waals surface area contributed by atoms with Crippen LogP contribution in [0.2, 0.25) is 0 Å². The molecule has 2 amide bonds. The molecule has 2 aromatic carbocycles. The molecule has 1 fully saturated rings. The fraction of sp³-hybridized carbons (Fsp3) is 0.417. The Balaban J connectivity index is 1.79. The van der Waals surface area contributed by atoms with Gasteiger partial charge in [-0.05, 0) is 49.9 Å². The van der Waals surface area contributed by atoms with Crippen LogP contribution in [0.4, 0.5) is 11.4 Å². The van der Waals surface area contributed by atoms with E-state index in [9.17, 15) is 9.59 Å². The summed E-state index contributed by atoms with van der Waals surface area (Å²) in [6.45, 7) is 8.48. The summed E-state index contributed by atoms with van der Waals surface area (Å²) in [4.78, 5) is 27.6. The maximum atomic E-state index is 12.9. The standard InChI is InChI=1S/C24H30N2O3/c1-5-17-10-9-11-18(6-2)23(17)26-15-19(14-22(26)27)24(28)25-20-12-7-8-13-21(20)29-16(3)4/h7-13,16,19H,5-6,14-15H2,1-4H3,(H,25,28). The first-order valence-corrected chi connectivity index (χ1v) is 10.4. The van der Waals surface area contributed by atoms with Crippen molar-refractivity contribution in [3.05, 3.63) is 53.6 Å². The summed E-state index contributed by atoms with van der Waals surface area (Å²) >= 11 is 0. The van der Waals surface area contributed by atoms with E-state index in [0.717, 1.165) is 29.7 Å². The molecule has 3 rings (SSSR count). The lowest BCUT2D eigenvalue weighted by Gasteiger charge is -2.23. The first kappa shape index (κ1) is 20.9. The van der Waals surface area contributed by atoms with Gasteiger partial charge >= 0.3 is 0 Å². The topological polar surface area (TPSA) is 58.6 Å². The molecule has 1 heterocycles. The molecule has 0 saturated carbocycles. The van der Waals surface area contributed by atoms with E-state index < -0.39 is 0 Å². The molecular formula is C24H30N2O3. The molecule has 1 saturated heterocycles. The molecule has 5 nitrogen and oxygen atoms in total. The molecule has 0 aromatic heterocycles. The van der Waals surface area contributed by atoms with E-state index in [2.05, 4.69) is 31.3 Å². The fourth-order valence-corrected chi connectivity index (χ4v) is 3.82. The lowest BCUT2D eigenvalue weighted by Crippen LogP contribution is -2.29. The Kier molecular flexibility index (Phi) is 6.57. The summed E-state index contributed by atoms with van der Waals surface area (Å²) in [7, 11) is 0. The Labute approximate surface area is 173 Å². The predicted octanol–water partition coefficient (Wildman–Crippen LogP) is 4.59. The molecule has 1 aliphatic rings. The number of anilines is 2. The van der Waals surface area contributed by atoms with Gasteiger partial charge in [-0.15, -0.1) is 0 Å². The zero-order valence-corrected chi connectivity index (χ0v) is 17.7. The van der Waals surface area contributed by atoms with Crippen LogP contribution >= 0.6 is 0 Å². The molecule has 0 aliphatic carbocycles. The Hall–Kier alpha value is -2.82. The number of amides is 2. The zero-order valence-electron chi connectivity index (χ0n) is 17.7. The van der Waals surface area contributed by atoms with Crippen LogP contribution in [0.3, 0.4) is 0 Å². The highest BCUT2D eigenvalue weighted by molar-refractivity contribution is 6.04. The number of hydrogen-bond donors (Lipinski definition) is 1. The number of aryl methyl sites for hydroxylation is 2. The molecule has 1 aliphatic heterocycles. The van der Waals surface area contributed by atoms with Gasteiger partial charge in [0, 0.05) is 18.7 Å². The van der Waals surface area contributed by atoms with E-state index in [4.69, 9.17) is 4.74 Å². The Bertz CT molecular complexity index is 869. The summed E-state index contributed by atoms with van der Waals surface area (Å²) < 4.78 is 5.79. The maximum absolute atomic E-state index is 12.9. The summed E-state index contributed by atoms with van der Waals surface area (Å²) in [5.74, 6) is 0.117. The summed E-state index contributed by atoms with van der Waals surface area (Å²) in [6.07, 6.45) is 1.93. The van der Waals surface area contributed by atoms with E-state index in [0.29, 0.717) is 18.0 Å². The number of carbonyl (C=O) groups is 2. The molecule has 0 spiro atoms. The smallest absolute Gasteiger partial charge is 0.229 e. The number of para-hydroxylation sites is 3. The average molecular weight is 395 g/mol. The molecule has 154 valence electrons. The normalized spacial score (nSPS) is 16.4. The second-order valence-corrected chi connectivity index (χ2v) is 7.69. The van der Waals surface area contributed by atoms with Crippen molar-refractivity contribution in [1.29, 1.82) is 0 Å². The lowest BCUT2D eigenvalue weighted by molar-refractivity contribution is -0.122. The van der Waals surface area contributed by atoms with Crippen LogP contribution in [0.15, 0.2) is 42.5 Å². The molecule has 5 heteroatoms.